The maximum Gasteiger partial charge on any atom is 0.146 e. The van der Waals surface area contributed by atoms with Crippen LogP contribution in [0.2, 0.25) is 5.02 Å². The number of benzene rings is 2. The van der Waals surface area contributed by atoms with Crippen molar-refractivity contribution in [3.8, 4) is 5.75 Å². The topological polar surface area (TPSA) is 21.3 Å². The van der Waals surface area contributed by atoms with E-state index >= 15 is 0 Å². The summed E-state index contributed by atoms with van der Waals surface area (Å²) in [5.74, 6) is 0.434. The van der Waals surface area contributed by atoms with Crippen LogP contribution < -0.4 is 10.1 Å². The number of ether oxygens (including phenoxy) is 1. The Hall–Kier alpha value is -1.74. The molecule has 0 aliphatic heterocycles. The molecular weight excluding hydrogens is 277 g/mol. The van der Waals surface area contributed by atoms with Gasteiger partial charge in [0.15, 0.2) is 0 Å². The minimum Gasteiger partial charge on any atom is -0.494 e. The molecule has 4 heteroatoms. The van der Waals surface area contributed by atoms with E-state index in [0.29, 0.717) is 18.7 Å². The van der Waals surface area contributed by atoms with Crippen molar-refractivity contribution >= 4 is 17.3 Å². The van der Waals surface area contributed by atoms with Crippen LogP contribution in [0.15, 0.2) is 42.5 Å². The van der Waals surface area contributed by atoms with Gasteiger partial charge in [0.05, 0.1) is 11.6 Å². The summed E-state index contributed by atoms with van der Waals surface area (Å²) in [5, 5.41) is 3.31. The quantitative estimate of drug-likeness (QED) is 0.819. The molecule has 1 N–H and O–H groups in total. The second kappa shape index (κ2) is 7.15. The van der Waals surface area contributed by atoms with Gasteiger partial charge < -0.3 is 10.1 Å². The fourth-order valence-corrected chi connectivity index (χ4v) is 1.99. The Balaban J connectivity index is 2.01. The van der Waals surface area contributed by atoms with Gasteiger partial charge in [-0.15, -0.1) is 0 Å². The summed E-state index contributed by atoms with van der Waals surface area (Å²) in [6.45, 7) is 3.13. The monoisotopic (exact) mass is 293 g/mol. The molecule has 0 spiro atoms. The van der Waals surface area contributed by atoms with Crippen LogP contribution in [0.4, 0.5) is 10.1 Å². The van der Waals surface area contributed by atoms with Crippen molar-refractivity contribution in [2.45, 2.75) is 19.9 Å². The molecule has 20 heavy (non-hydrogen) atoms. The zero-order valence-corrected chi connectivity index (χ0v) is 12.1. The largest absolute Gasteiger partial charge is 0.494 e. The zero-order valence-electron chi connectivity index (χ0n) is 11.3. The highest BCUT2D eigenvalue weighted by atomic mass is 35.5. The number of nitrogens with one attached hydrogen (secondary N) is 1. The Labute approximate surface area is 123 Å². The second-order valence-corrected chi connectivity index (χ2v) is 4.85. The number of hydrogen-bond donors (Lipinski definition) is 1. The summed E-state index contributed by atoms with van der Waals surface area (Å²) in [6.07, 6.45) is 0.964. The van der Waals surface area contributed by atoms with E-state index in [-0.39, 0.29) is 10.8 Å². The molecule has 0 radical (unpaired) electrons. The van der Waals surface area contributed by atoms with Gasteiger partial charge in [-0.2, -0.15) is 0 Å². The molecule has 0 heterocycles. The van der Waals surface area contributed by atoms with E-state index in [4.69, 9.17) is 16.3 Å². The summed E-state index contributed by atoms with van der Waals surface area (Å²) >= 11 is 5.76. The smallest absolute Gasteiger partial charge is 0.146 e. The molecule has 0 saturated carbocycles. The van der Waals surface area contributed by atoms with Gasteiger partial charge in [0.25, 0.3) is 0 Å². The predicted molar refractivity (Wildman–Crippen MR) is 81.0 cm³/mol. The maximum absolute atomic E-state index is 13.8. The molecule has 2 aromatic rings. The number of hydrogen-bond acceptors (Lipinski definition) is 2. The molecule has 106 valence electrons. The number of halogens is 2. The number of rotatable bonds is 6. The van der Waals surface area contributed by atoms with Crippen molar-refractivity contribution in [1.29, 1.82) is 0 Å². The Morgan fingerprint density at radius 3 is 2.80 bits per heavy atom. The van der Waals surface area contributed by atoms with E-state index in [1.807, 2.05) is 24.3 Å². The van der Waals surface area contributed by atoms with Gasteiger partial charge >= 0.3 is 0 Å². The van der Waals surface area contributed by atoms with Crippen molar-refractivity contribution in [2.24, 2.45) is 0 Å². The van der Waals surface area contributed by atoms with Gasteiger partial charge in [0.2, 0.25) is 0 Å². The van der Waals surface area contributed by atoms with Crippen LogP contribution >= 0.6 is 11.6 Å². The predicted octanol–water partition coefficient (Wildman–Crippen LogP) is 4.88. The van der Waals surface area contributed by atoms with Crippen molar-refractivity contribution < 1.29 is 9.13 Å². The van der Waals surface area contributed by atoms with E-state index in [2.05, 4.69) is 12.2 Å². The lowest BCUT2D eigenvalue weighted by atomic mass is 10.2. The lowest BCUT2D eigenvalue weighted by Crippen LogP contribution is -2.02. The highest BCUT2D eigenvalue weighted by molar-refractivity contribution is 6.30. The molecular formula is C16H17ClFNO. The molecule has 0 amide bonds. The van der Waals surface area contributed by atoms with Crippen LogP contribution in [0.25, 0.3) is 0 Å². The van der Waals surface area contributed by atoms with Crippen LogP contribution in [0.3, 0.4) is 0 Å². The van der Waals surface area contributed by atoms with Crippen molar-refractivity contribution in [2.75, 3.05) is 11.9 Å². The van der Waals surface area contributed by atoms with Crippen LogP contribution in [0.1, 0.15) is 18.9 Å². The van der Waals surface area contributed by atoms with E-state index in [1.165, 1.54) is 0 Å². The Bertz CT molecular complexity index is 574. The molecule has 0 aliphatic carbocycles. The molecule has 2 nitrogen and oxygen atoms in total. The number of anilines is 1. The van der Waals surface area contributed by atoms with E-state index < -0.39 is 0 Å². The minimum atomic E-state index is -0.375. The lowest BCUT2D eigenvalue weighted by molar-refractivity contribution is 0.317. The fraction of sp³-hybridized carbons (Fsp3) is 0.250. The zero-order chi connectivity index (χ0) is 14.4. The average Bonchev–Trinajstić information content (AvgIpc) is 2.47. The van der Waals surface area contributed by atoms with E-state index in [0.717, 1.165) is 17.9 Å². The lowest BCUT2D eigenvalue weighted by Gasteiger charge is -2.10. The van der Waals surface area contributed by atoms with Gasteiger partial charge in [-0.05, 0) is 24.6 Å². The van der Waals surface area contributed by atoms with Gasteiger partial charge in [-0.3, -0.25) is 0 Å². The summed E-state index contributed by atoms with van der Waals surface area (Å²) in [5.41, 5.74) is 1.43. The van der Waals surface area contributed by atoms with Crippen LogP contribution in [0, 0.1) is 5.82 Å². The standard InChI is InChI=1S/C16H17ClFNO/c1-2-9-20-14-7-4-6-13(10-14)19-11-12-5-3-8-15(17)16(12)18/h3-8,10,19H,2,9,11H2,1H3. The first kappa shape index (κ1) is 14.7. The third-order valence-corrected chi connectivity index (χ3v) is 3.11. The average molecular weight is 294 g/mol. The molecule has 0 saturated heterocycles. The summed E-state index contributed by atoms with van der Waals surface area (Å²) in [6, 6.07) is 12.6. The van der Waals surface area contributed by atoms with Crippen LogP contribution in [0.5, 0.6) is 5.75 Å². The molecule has 0 unspecified atom stereocenters. The minimum absolute atomic E-state index is 0.143. The molecule has 0 aromatic heterocycles. The summed E-state index contributed by atoms with van der Waals surface area (Å²) in [7, 11) is 0. The molecule has 0 aliphatic rings. The Morgan fingerprint density at radius 2 is 2.00 bits per heavy atom. The summed E-state index contributed by atoms with van der Waals surface area (Å²) in [4.78, 5) is 0. The first-order valence-electron chi connectivity index (χ1n) is 6.60. The first-order valence-corrected chi connectivity index (χ1v) is 6.98. The molecule has 0 bridgehead atoms. The highest BCUT2D eigenvalue weighted by Crippen LogP contribution is 2.21. The van der Waals surface area contributed by atoms with E-state index in [1.54, 1.807) is 18.2 Å². The maximum atomic E-state index is 13.8. The van der Waals surface area contributed by atoms with Gasteiger partial charge in [0, 0.05) is 23.9 Å². The van der Waals surface area contributed by atoms with Crippen LogP contribution in [-0.4, -0.2) is 6.61 Å². The van der Waals surface area contributed by atoms with E-state index in [9.17, 15) is 4.39 Å². The van der Waals surface area contributed by atoms with Crippen molar-refractivity contribution in [3.63, 3.8) is 0 Å². The van der Waals surface area contributed by atoms with Crippen molar-refractivity contribution in [1.82, 2.24) is 0 Å². The fourth-order valence-electron chi connectivity index (χ4n) is 1.80. The third kappa shape index (κ3) is 3.87. The normalized spacial score (nSPS) is 10.3. The molecule has 2 aromatic carbocycles. The van der Waals surface area contributed by atoms with Gasteiger partial charge in [-0.25, -0.2) is 4.39 Å². The second-order valence-electron chi connectivity index (χ2n) is 4.44. The third-order valence-electron chi connectivity index (χ3n) is 2.82. The van der Waals surface area contributed by atoms with Gasteiger partial charge in [0.1, 0.15) is 11.6 Å². The molecule has 0 atom stereocenters. The SMILES string of the molecule is CCCOc1cccc(NCc2cccc(Cl)c2F)c1. The highest BCUT2D eigenvalue weighted by Gasteiger charge is 2.05. The Morgan fingerprint density at radius 1 is 1.20 bits per heavy atom. The Kier molecular flexibility index (Phi) is 5.24. The molecule has 0 fully saturated rings. The molecule has 2 rings (SSSR count). The summed E-state index contributed by atoms with van der Waals surface area (Å²) < 4.78 is 19.3. The van der Waals surface area contributed by atoms with Gasteiger partial charge in [-0.1, -0.05) is 36.7 Å². The first-order chi connectivity index (χ1) is 9.70. The van der Waals surface area contributed by atoms with Crippen molar-refractivity contribution in [3.05, 3.63) is 58.9 Å². The van der Waals surface area contributed by atoms with Crippen LogP contribution in [-0.2, 0) is 6.54 Å².